The van der Waals surface area contributed by atoms with Gasteiger partial charge in [0, 0.05) is 41.4 Å². The minimum atomic E-state index is -1.38. The Kier molecular flexibility index (Phi) is 9.74. The van der Waals surface area contributed by atoms with Crippen molar-refractivity contribution in [2.45, 2.75) is 135 Å². The second-order valence-electron chi connectivity index (χ2n) is 13.9. The number of ether oxygens (including phenoxy) is 1. The fraction of sp³-hybridized carbons (Fsp3) is 0.824. The molecule has 0 aromatic carbocycles. The van der Waals surface area contributed by atoms with E-state index in [2.05, 4.69) is 6.92 Å². The summed E-state index contributed by atoms with van der Waals surface area (Å²) in [6, 6.07) is 0. The fourth-order valence-electron chi connectivity index (χ4n) is 8.78. The summed E-state index contributed by atoms with van der Waals surface area (Å²) >= 11 is 0. The van der Waals surface area contributed by atoms with Crippen LogP contribution in [0.5, 0.6) is 0 Å². The molecule has 0 heterocycles. The average molecular weight is 559 g/mol. The lowest BCUT2D eigenvalue weighted by Gasteiger charge is -2.51. The van der Waals surface area contributed by atoms with Crippen LogP contribution in [-0.4, -0.2) is 51.0 Å². The molecule has 4 aliphatic rings. The number of aliphatic hydroxyl groups is 3. The average Bonchev–Trinajstić information content (AvgIpc) is 3.32. The number of allylic oxidation sites excluding steroid dienone is 1. The Labute approximate surface area is 241 Å². The number of carbonyl (C=O) groups is 2. The third-order valence-corrected chi connectivity index (χ3v) is 11.2. The molecule has 0 radical (unpaired) electrons. The third kappa shape index (κ3) is 5.26. The summed E-state index contributed by atoms with van der Waals surface area (Å²) in [6.45, 7) is 9.67. The maximum atomic E-state index is 13.1. The SMILES string of the molecule is CCCCCCCCCCCCCC(=O)O[C@@]12[C@H](O)[C@@H](C)[C@]3(O)[C@@H]4C=C(C)C(=O)[C@H]4CC(CO)=C[C@H]3[C@@H]1C2(C)C. The molecule has 0 saturated heterocycles. The van der Waals surface area contributed by atoms with Gasteiger partial charge in [-0.3, -0.25) is 9.59 Å². The monoisotopic (exact) mass is 558 g/mol. The normalized spacial score (nSPS) is 37.5. The Morgan fingerprint density at radius 2 is 1.55 bits per heavy atom. The van der Waals surface area contributed by atoms with Gasteiger partial charge in [-0.2, -0.15) is 0 Å². The van der Waals surface area contributed by atoms with Gasteiger partial charge >= 0.3 is 5.97 Å². The van der Waals surface area contributed by atoms with Crippen molar-refractivity contribution < 1.29 is 29.6 Å². The third-order valence-electron chi connectivity index (χ3n) is 11.2. The van der Waals surface area contributed by atoms with E-state index in [0.717, 1.165) is 24.8 Å². The van der Waals surface area contributed by atoms with Crippen molar-refractivity contribution in [3.8, 4) is 0 Å². The van der Waals surface area contributed by atoms with Crippen LogP contribution in [0, 0.1) is 35.0 Å². The van der Waals surface area contributed by atoms with Crippen molar-refractivity contribution in [3.63, 3.8) is 0 Å². The highest BCUT2D eigenvalue weighted by atomic mass is 16.6. The molecule has 0 amide bonds. The molecule has 0 aliphatic heterocycles. The van der Waals surface area contributed by atoms with Crippen LogP contribution in [0.15, 0.2) is 23.3 Å². The summed E-state index contributed by atoms with van der Waals surface area (Å²) < 4.78 is 6.23. The number of aliphatic hydroxyl groups excluding tert-OH is 2. The number of esters is 1. The number of carbonyl (C=O) groups excluding carboxylic acids is 2. The molecule has 2 fully saturated rings. The van der Waals surface area contributed by atoms with Crippen molar-refractivity contribution in [3.05, 3.63) is 23.3 Å². The number of hydrogen-bond acceptors (Lipinski definition) is 6. The summed E-state index contributed by atoms with van der Waals surface area (Å²) in [5.41, 5.74) is -1.65. The Balaban J connectivity index is 1.38. The van der Waals surface area contributed by atoms with Crippen molar-refractivity contribution in [1.82, 2.24) is 0 Å². The van der Waals surface area contributed by atoms with E-state index >= 15 is 0 Å². The molecule has 0 aromatic heterocycles. The number of fused-ring (bicyclic) bond motifs is 5. The van der Waals surface area contributed by atoms with Gasteiger partial charge in [-0.05, 0) is 30.9 Å². The molecule has 2 saturated carbocycles. The van der Waals surface area contributed by atoms with Crippen LogP contribution in [0.1, 0.15) is 118 Å². The Bertz CT molecular complexity index is 996. The van der Waals surface area contributed by atoms with Crippen LogP contribution < -0.4 is 0 Å². The van der Waals surface area contributed by atoms with E-state index in [-0.39, 0.29) is 24.3 Å². The van der Waals surface area contributed by atoms with Crippen molar-refractivity contribution in [2.75, 3.05) is 6.61 Å². The Morgan fingerprint density at radius 3 is 2.12 bits per heavy atom. The van der Waals surface area contributed by atoms with E-state index < -0.39 is 46.4 Å². The molecular formula is C34H54O6. The van der Waals surface area contributed by atoms with Crippen LogP contribution in [0.2, 0.25) is 0 Å². The molecule has 0 spiro atoms. The molecule has 0 unspecified atom stereocenters. The minimum absolute atomic E-state index is 0.00501. The first kappa shape index (κ1) is 31.4. The van der Waals surface area contributed by atoms with E-state index in [0.29, 0.717) is 18.4 Å². The summed E-state index contributed by atoms with van der Waals surface area (Å²) in [6.07, 6.45) is 16.8. The zero-order valence-electron chi connectivity index (χ0n) is 25.6. The number of rotatable bonds is 14. The molecule has 3 N–H and O–H groups in total. The van der Waals surface area contributed by atoms with Gasteiger partial charge in [0.2, 0.25) is 0 Å². The van der Waals surface area contributed by atoms with Gasteiger partial charge in [0.25, 0.3) is 0 Å². The summed E-state index contributed by atoms with van der Waals surface area (Å²) in [5.74, 6) is -2.54. The molecule has 226 valence electrons. The Morgan fingerprint density at radius 1 is 0.975 bits per heavy atom. The first-order valence-electron chi connectivity index (χ1n) is 16.1. The van der Waals surface area contributed by atoms with E-state index in [4.69, 9.17) is 4.74 Å². The molecule has 4 aliphatic carbocycles. The fourth-order valence-corrected chi connectivity index (χ4v) is 8.78. The second kappa shape index (κ2) is 12.4. The van der Waals surface area contributed by atoms with Gasteiger partial charge in [0.1, 0.15) is 5.60 Å². The van der Waals surface area contributed by atoms with Crippen molar-refractivity contribution >= 4 is 11.8 Å². The maximum Gasteiger partial charge on any atom is 0.306 e. The van der Waals surface area contributed by atoms with Gasteiger partial charge in [0.05, 0.1) is 18.3 Å². The van der Waals surface area contributed by atoms with Gasteiger partial charge in [-0.1, -0.05) is 104 Å². The van der Waals surface area contributed by atoms with Crippen LogP contribution in [0.4, 0.5) is 0 Å². The molecule has 6 nitrogen and oxygen atoms in total. The zero-order valence-corrected chi connectivity index (χ0v) is 25.6. The van der Waals surface area contributed by atoms with Gasteiger partial charge in [-0.25, -0.2) is 0 Å². The summed E-state index contributed by atoms with van der Waals surface area (Å²) in [4.78, 5) is 26.1. The molecule has 4 rings (SSSR count). The number of Topliss-reactive ketones (excluding diaryl/α,β-unsaturated/α-hetero) is 1. The molecule has 8 atom stereocenters. The molecular weight excluding hydrogens is 504 g/mol. The predicted octanol–water partition coefficient (Wildman–Crippen LogP) is 6.07. The van der Waals surface area contributed by atoms with E-state index in [1.165, 1.54) is 51.4 Å². The first-order chi connectivity index (χ1) is 19.0. The highest BCUT2D eigenvalue weighted by Crippen LogP contribution is 2.76. The lowest BCUT2D eigenvalue weighted by molar-refractivity contribution is -0.208. The number of unbranched alkanes of at least 4 members (excludes halogenated alkanes) is 10. The standard InChI is InChI=1S/C34H54O6/c1-6-7-8-9-10-11-12-13-14-15-16-17-28(36)40-34-30(32(34,4)5)27-20-24(21-35)19-25-26(18-22(2)29(25)37)33(27,39)23(3)31(34)38/h18,20,23,25-27,30-31,35,38-39H,6-17,19,21H2,1-5H3/t23-,25+,26-,27+,30-,31-,33+,34-/m1/s1. The van der Waals surface area contributed by atoms with Crippen LogP contribution in [0.25, 0.3) is 0 Å². The minimum Gasteiger partial charge on any atom is -0.455 e. The molecule has 6 heteroatoms. The topological polar surface area (TPSA) is 104 Å². The predicted molar refractivity (Wildman–Crippen MR) is 156 cm³/mol. The molecule has 0 aromatic rings. The largest absolute Gasteiger partial charge is 0.455 e. The smallest absolute Gasteiger partial charge is 0.306 e. The Hall–Kier alpha value is -1.50. The van der Waals surface area contributed by atoms with Crippen LogP contribution >= 0.6 is 0 Å². The number of hydrogen-bond donors (Lipinski definition) is 3. The van der Waals surface area contributed by atoms with Gasteiger partial charge in [-0.15, -0.1) is 0 Å². The highest BCUT2D eigenvalue weighted by molar-refractivity contribution is 5.99. The summed E-state index contributed by atoms with van der Waals surface area (Å²) in [7, 11) is 0. The second-order valence-corrected chi connectivity index (χ2v) is 13.9. The van der Waals surface area contributed by atoms with Crippen LogP contribution in [0.3, 0.4) is 0 Å². The van der Waals surface area contributed by atoms with Crippen molar-refractivity contribution in [2.24, 2.45) is 35.0 Å². The van der Waals surface area contributed by atoms with Crippen LogP contribution in [-0.2, 0) is 14.3 Å². The van der Waals surface area contributed by atoms with E-state index in [1.54, 1.807) is 6.92 Å². The molecule has 0 bridgehead atoms. The molecule has 40 heavy (non-hydrogen) atoms. The van der Waals surface area contributed by atoms with E-state index in [9.17, 15) is 24.9 Å². The lowest BCUT2D eigenvalue weighted by Crippen LogP contribution is -2.62. The van der Waals surface area contributed by atoms with E-state index in [1.807, 2.05) is 32.9 Å². The first-order valence-corrected chi connectivity index (χ1v) is 16.1. The lowest BCUT2D eigenvalue weighted by atomic mass is 9.60. The highest BCUT2D eigenvalue weighted by Gasteiger charge is 2.86. The number of ketones is 1. The van der Waals surface area contributed by atoms with Gasteiger partial charge in [0.15, 0.2) is 5.78 Å². The van der Waals surface area contributed by atoms with Crippen molar-refractivity contribution in [1.29, 1.82) is 0 Å². The maximum absolute atomic E-state index is 13.1. The summed E-state index contributed by atoms with van der Waals surface area (Å²) in [5, 5.41) is 34.3. The zero-order chi connectivity index (χ0) is 29.3. The quantitative estimate of drug-likeness (QED) is 0.136. The van der Waals surface area contributed by atoms with Gasteiger partial charge < -0.3 is 20.1 Å².